The number of hydrogen-bond donors (Lipinski definition) is 2. The molecule has 172 valence electrons. The van der Waals surface area contributed by atoms with Crippen molar-refractivity contribution in [2.45, 2.75) is 88.9 Å². The molecule has 2 aliphatic heterocycles. The third-order valence-electron chi connectivity index (χ3n) is 10.7. The number of hydrogen-bond acceptors (Lipinski definition) is 4. The van der Waals surface area contributed by atoms with Crippen molar-refractivity contribution in [1.29, 1.82) is 0 Å². The summed E-state index contributed by atoms with van der Waals surface area (Å²) in [5, 5.41) is 22.6. The molecule has 2 N–H and O–H groups in total. The summed E-state index contributed by atoms with van der Waals surface area (Å²) in [4.78, 5) is 2.80. The zero-order valence-electron chi connectivity index (χ0n) is 19.7. The second kappa shape index (κ2) is 5.93. The van der Waals surface area contributed by atoms with Crippen LogP contribution in [0.5, 0.6) is 11.5 Å². The summed E-state index contributed by atoms with van der Waals surface area (Å²) in [7, 11) is 0. The lowest BCUT2D eigenvalue weighted by Crippen LogP contribution is -2.78. The number of rotatable bonds is 5. The fourth-order valence-electron chi connectivity index (χ4n) is 9.32. The van der Waals surface area contributed by atoms with Crippen molar-refractivity contribution in [3.05, 3.63) is 35.4 Å². The van der Waals surface area contributed by atoms with Crippen LogP contribution in [0, 0.1) is 22.7 Å². The SMILES string of the molecule is CCCC(C)(O)C1CC23C=CC1(C)C1Oc4c(O)ccc5c4C12CCN(CC1CC1)C3C5. The molecule has 1 aromatic rings. The van der Waals surface area contributed by atoms with E-state index in [4.69, 9.17) is 4.74 Å². The highest BCUT2D eigenvalue weighted by molar-refractivity contribution is 5.64. The molecule has 8 rings (SSSR count). The van der Waals surface area contributed by atoms with Crippen molar-refractivity contribution in [3.8, 4) is 11.5 Å². The average Bonchev–Trinajstić information content (AvgIpc) is 3.48. The summed E-state index contributed by atoms with van der Waals surface area (Å²) < 4.78 is 6.84. The molecular weight excluding hydrogens is 398 g/mol. The predicted octanol–water partition coefficient (Wildman–Crippen LogP) is 4.56. The average molecular weight is 436 g/mol. The Morgan fingerprint density at radius 1 is 1.25 bits per heavy atom. The Kier molecular flexibility index (Phi) is 3.69. The van der Waals surface area contributed by atoms with Gasteiger partial charge in [-0.05, 0) is 69.5 Å². The monoisotopic (exact) mass is 435 g/mol. The lowest BCUT2D eigenvalue weighted by Gasteiger charge is -2.72. The van der Waals surface area contributed by atoms with Crippen molar-refractivity contribution >= 4 is 0 Å². The van der Waals surface area contributed by atoms with Crippen LogP contribution < -0.4 is 4.74 Å². The normalized spacial score (nSPS) is 44.8. The summed E-state index contributed by atoms with van der Waals surface area (Å²) in [6, 6.07) is 4.47. The van der Waals surface area contributed by atoms with Crippen LogP contribution in [0.15, 0.2) is 24.3 Å². The fraction of sp³-hybridized carbons (Fsp3) is 0.714. The van der Waals surface area contributed by atoms with Crippen molar-refractivity contribution < 1.29 is 14.9 Å². The van der Waals surface area contributed by atoms with Crippen LogP contribution >= 0.6 is 0 Å². The molecule has 2 saturated carbocycles. The third-order valence-corrected chi connectivity index (χ3v) is 10.7. The summed E-state index contributed by atoms with van der Waals surface area (Å²) in [6.45, 7) is 8.90. The number of ether oxygens (including phenoxy) is 1. The molecule has 4 nitrogen and oxygen atoms in total. The molecule has 0 radical (unpaired) electrons. The van der Waals surface area contributed by atoms with Gasteiger partial charge in [0.25, 0.3) is 0 Å². The molecule has 5 aliphatic carbocycles. The van der Waals surface area contributed by atoms with E-state index in [1.807, 2.05) is 6.07 Å². The number of benzene rings is 1. The first-order chi connectivity index (χ1) is 15.3. The maximum absolute atomic E-state index is 11.8. The maximum atomic E-state index is 11.8. The minimum Gasteiger partial charge on any atom is -0.504 e. The van der Waals surface area contributed by atoms with E-state index in [2.05, 4.69) is 43.9 Å². The molecule has 4 heteroatoms. The number of fused-ring (bicyclic) bond motifs is 1. The molecule has 7 aliphatic rings. The van der Waals surface area contributed by atoms with Crippen LogP contribution in [-0.2, 0) is 11.8 Å². The Balaban J connectivity index is 1.46. The number of piperidine rings is 1. The van der Waals surface area contributed by atoms with E-state index < -0.39 is 5.60 Å². The van der Waals surface area contributed by atoms with Crippen LogP contribution in [-0.4, -0.2) is 45.9 Å². The molecule has 0 aromatic heterocycles. The first kappa shape index (κ1) is 19.9. The highest BCUT2D eigenvalue weighted by Crippen LogP contribution is 2.77. The predicted molar refractivity (Wildman–Crippen MR) is 124 cm³/mol. The van der Waals surface area contributed by atoms with Crippen molar-refractivity contribution in [2.75, 3.05) is 13.1 Å². The molecule has 2 heterocycles. The Morgan fingerprint density at radius 2 is 2.06 bits per heavy atom. The molecule has 2 spiro atoms. The number of phenols is 1. The lowest BCUT2D eigenvalue weighted by molar-refractivity contribution is -0.207. The molecule has 7 atom stereocenters. The number of likely N-dealkylation sites (tertiary alicyclic amines) is 1. The number of aromatic hydroxyl groups is 1. The third kappa shape index (κ3) is 2.09. The highest BCUT2D eigenvalue weighted by atomic mass is 16.5. The molecule has 0 amide bonds. The van der Waals surface area contributed by atoms with E-state index in [9.17, 15) is 10.2 Å². The number of nitrogens with zero attached hydrogens (tertiary/aromatic N) is 1. The van der Waals surface area contributed by atoms with Crippen molar-refractivity contribution in [1.82, 2.24) is 4.90 Å². The van der Waals surface area contributed by atoms with E-state index in [1.165, 1.54) is 30.5 Å². The first-order valence-corrected chi connectivity index (χ1v) is 13.0. The van der Waals surface area contributed by atoms with Gasteiger partial charge >= 0.3 is 0 Å². The van der Waals surface area contributed by atoms with E-state index in [0.29, 0.717) is 11.8 Å². The summed E-state index contributed by atoms with van der Waals surface area (Å²) >= 11 is 0. The quantitative estimate of drug-likeness (QED) is 0.666. The van der Waals surface area contributed by atoms with Gasteiger partial charge in [0.2, 0.25) is 0 Å². The summed E-state index contributed by atoms with van der Waals surface area (Å²) in [5.74, 6) is 2.06. The topological polar surface area (TPSA) is 52.9 Å². The molecular formula is C28H37NO3. The second-order valence-electron chi connectivity index (χ2n) is 12.4. The Hall–Kier alpha value is -1.52. The lowest BCUT2D eigenvalue weighted by atomic mass is 9.34. The molecule has 4 bridgehead atoms. The minimum absolute atomic E-state index is 0.0185. The zero-order valence-corrected chi connectivity index (χ0v) is 19.7. The summed E-state index contributed by atoms with van der Waals surface area (Å²) in [6.07, 6.45) is 12.7. The van der Waals surface area contributed by atoms with Crippen LogP contribution in [0.25, 0.3) is 0 Å². The maximum Gasteiger partial charge on any atom is 0.165 e. The number of aliphatic hydroxyl groups is 1. The standard InChI is InChI=1S/C28H37NO3/c1-4-9-26(3,31)20-15-27-11-10-25(20,2)24-28(27)12-13-29(16-17-5-6-17)21(27)14-18-7-8-19(30)23(32-24)22(18)28/h7-8,10-11,17,20-21,24,30-31H,4-6,9,12-16H2,1-3H3. The Morgan fingerprint density at radius 3 is 2.81 bits per heavy atom. The van der Waals surface area contributed by atoms with Gasteiger partial charge in [-0.25, -0.2) is 0 Å². The van der Waals surface area contributed by atoms with E-state index in [1.54, 1.807) is 0 Å². The van der Waals surface area contributed by atoms with Gasteiger partial charge in [-0.3, -0.25) is 4.90 Å². The molecule has 32 heavy (non-hydrogen) atoms. The van der Waals surface area contributed by atoms with E-state index >= 15 is 0 Å². The molecule has 1 saturated heterocycles. The van der Waals surface area contributed by atoms with Gasteiger partial charge in [0.15, 0.2) is 11.5 Å². The molecule has 7 unspecified atom stereocenters. The van der Waals surface area contributed by atoms with Crippen LogP contribution in [0.4, 0.5) is 0 Å². The minimum atomic E-state index is -0.723. The van der Waals surface area contributed by atoms with Gasteiger partial charge < -0.3 is 14.9 Å². The Labute approximate surface area is 191 Å². The zero-order chi connectivity index (χ0) is 22.1. The van der Waals surface area contributed by atoms with E-state index in [-0.39, 0.29) is 28.3 Å². The largest absolute Gasteiger partial charge is 0.504 e. The van der Waals surface area contributed by atoms with Gasteiger partial charge in [-0.2, -0.15) is 0 Å². The number of phenolic OH excluding ortho intramolecular Hbond substituents is 1. The van der Waals surface area contributed by atoms with E-state index in [0.717, 1.165) is 50.3 Å². The van der Waals surface area contributed by atoms with Crippen molar-refractivity contribution in [3.63, 3.8) is 0 Å². The first-order valence-electron chi connectivity index (χ1n) is 13.0. The molecule has 1 aromatic carbocycles. The van der Waals surface area contributed by atoms with Crippen LogP contribution in [0.1, 0.15) is 70.4 Å². The van der Waals surface area contributed by atoms with Gasteiger partial charge in [0, 0.05) is 40.3 Å². The highest BCUT2D eigenvalue weighted by Gasteiger charge is 2.78. The van der Waals surface area contributed by atoms with Crippen LogP contribution in [0.2, 0.25) is 0 Å². The molecule has 3 fully saturated rings. The van der Waals surface area contributed by atoms with Crippen molar-refractivity contribution in [2.24, 2.45) is 22.7 Å². The van der Waals surface area contributed by atoms with Gasteiger partial charge in [-0.15, -0.1) is 0 Å². The second-order valence-corrected chi connectivity index (χ2v) is 12.4. The van der Waals surface area contributed by atoms with Gasteiger partial charge in [0.1, 0.15) is 6.10 Å². The van der Waals surface area contributed by atoms with Gasteiger partial charge in [-0.1, -0.05) is 38.5 Å². The Bertz CT molecular complexity index is 1030. The smallest absolute Gasteiger partial charge is 0.165 e. The summed E-state index contributed by atoms with van der Waals surface area (Å²) in [5.41, 5.74) is 1.62. The van der Waals surface area contributed by atoms with Crippen LogP contribution in [0.3, 0.4) is 0 Å². The fourth-order valence-corrected chi connectivity index (χ4v) is 9.32. The van der Waals surface area contributed by atoms with Gasteiger partial charge in [0.05, 0.1) is 5.60 Å².